The van der Waals surface area contributed by atoms with Crippen molar-refractivity contribution in [1.29, 1.82) is 0 Å². The Labute approximate surface area is 113 Å². The van der Waals surface area contributed by atoms with Crippen LogP contribution in [0.4, 0.5) is 5.69 Å². The van der Waals surface area contributed by atoms with Crippen LogP contribution in [-0.2, 0) is 9.53 Å². The minimum absolute atomic E-state index is 0.0318. The maximum Gasteiger partial charge on any atom is 0.256 e. The third-order valence-corrected chi connectivity index (χ3v) is 4.11. The predicted molar refractivity (Wildman–Crippen MR) is 71.9 cm³/mol. The predicted octanol–water partition coefficient (Wildman–Crippen LogP) is 1.88. The number of carbonyl (C=O) groups excluding carboxylic acids is 1. The Morgan fingerprint density at radius 3 is 2.89 bits per heavy atom. The van der Waals surface area contributed by atoms with Crippen LogP contribution < -0.4 is 4.90 Å². The van der Waals surface area contributed by atoms with E-state index in [4.69, 9.17) is 4.74 Å². The van der Waals surface area contributed by atoms with Gasteiger partial charge in [-0.15, -0.1) is 0 Å². The molecule has 3 atom stereocenters. The molecule has 0 spiro atoms. The normalized spacial score (nSPS) is 30.2. The van der Waals surface area contributed by atoms with Crippen molar-refractivity contribution in [3.05, 3.63) is 29.8 Å². The van der Waals surface area contributed by atoms with Gasteiger partial charge in [0.25, 0.3) is 5.91 Å². The Bertz CT molecular complexity index is 488. The van der Waals surface area contributed by atoms with Gasteiger partial charge in [0.1, 0.15) is 6.10 Å². The van der Waals surface area contributed by atoms with Gasteiger partial charge in [-0.3, -0.25) is 4.79 Å². The summed E-state index contributed by atoms with van der Waals surface area (Å²) in [5.74, 6) is 0.302. The van der Waals surface area contributed by atoms with Gasteiger partial charge in [-0.05, 0) is 24.8 Å². The smallest absolute Gasteiger partial charge is 0.256 e. The van der Waals surface area contributed by atoms with Crippen molar-refractivity contribution < 1.29 is 14.6 Å². The topological polar surface area (TPSA) is 49.8 Å². The highest BCUT2D eigenvalue weighted by Crippen LogP contribution is 2.35. The molecule has 0 aromatic heterocycles. The molecule has 1 saturated heterocycles. The second kappa shape index (κ2) is 4.94. The number of rotatable bonds is 1. The van der Waals surface area contributed by atoms with Gasteiger partial charge in [-0.2, -0.15) is 0 Å². The van der Waals surface area contributed by atoms with Gasteiger partial charge in [-0.25, -0.2) is 0 Å². The zero-order chi connectivity index (χ0) is 13.4. The first kappa shape index (κ1) is 12.6. The van der Waals surface area contributed by atoms with E-state index in [0.29, 0.717) is 19.6 Å². The molecule has 1 fully saturated rings. The van der Waals surface area contributed by atoms with E-state index in [1.54, 1.807) is 4.90 Å². The lowest BCUT2D eigenvalue weighted by Gasteiger charge is -2.34. The lowest BCUT2D eigenvalue weighted by Crippen LogP contribution is -2.44. The minimum atomic E-state index is -0.470. The molecule has 2 aliphatic rings. The molecule has 3 rings (SSSR count). The highest BCUT2D eigenvalue weighted by molar-refractivity contribution is 5.98. The number of carbonyl (C=O) groups is 1. The van der Waals surface area contributed by atoms with E-state index < -0.39 is 6.10 Å². The van der Waals surface area contributed by atoms with E-state index in [9.17, 15) is 9.90 Å². The van der Waals surface area contributed by atoms with E-state index in [2.05, 4.69) is 6.92 Å². The fourth-order valence-electron chi connectivity index (χ4n) is 2.94. The van der Waals surface area contributed by atoms with E-state index in [-0.39, 0.29) is 17.9 Å². The van der Waals surface area contributed by atoms with Crippen molar-refractivity contribution in [2.75, 3.05) is 18.1 Å². The summed E-state index contributed by atoms with van der Waals surface area (Å²) in [7, 11) is 0. The Kier molecular flexibility index (Phi) is 3.29. The molecule has 0 aliphatic carbocycles. The molecule has 19 heavy (non-hydrogen) atoms. The largest absolute Gasteiger partial charge is 0.388 e. The summed E-state index contributed by atoms with van der Waals surface area (Å²) in [6, 6.07) is 7.58. The first-order valence-corrected chi connectivity index (χ1v) is 6.88. The zero-order valence-corrected chi connectivity index (χ0v) is 11.1. The lowest BCUT2D eigenvalue weighted by molar-refractivity contribution is -0.129. The Balaban J connectivity index is 1.90. The zero-order valence-electron chi connectivity index (χ0n) is 11.1. The standard InChI is InChI=1S/C15H19NO3/c1-10-7-9-19-14(10)15(18)16-8-6-13(17)11-4-2-3-5-12(11)16/h2-5,10,13-14,17H,6-9H2,1H3. The lowest BCUT2D eigenvalue weighted by atomic mass is 9.96. The Hall–Kier alpha value is -1.39. The van der Waals surface area contributed by atoms with Gasteiger partial charge in [0, 0.05) is 24.4 Å². The molecule has 3 unspecified atom stereocenters. The molecule has 0 radical (unpaired) electrons. The highest BCUT2D eigenvalue weighted by atomic mass is 16.5. The van der Waals surface area contributed by atoms with Gasteiger partial charge in [0.05, 0.1) is 6.10 Å². The van der Waals surface area contributed by atoms with Crippen molar-refractivity contribution in [2.24, 2.45) is 5.92 Å². The van der Waals surface area contributed by atoms with Crippen LogP contribution in [-0.4, -0.2) is 30.3 Å². The molecule has 1 aromatic rings. The maximum absolute atomic E-state index is 12.6. The molecule has 1 amide bonds. The van der Waals surface area contributed by atoms with Crippen LogP contribution in [0.2, 0.25) is 0 Å². The number of aliphatic hydroxyl groups excluding tert-OH is 1. The van der Waals surface area contributed by atoms with Gasteiger partial charge >= 0.3 is 0 Å². The summed E-state index contributed by atoms with van der Waals surface area (Å²) in [6.45, 7) is 3.28. The molecule has 0 saturated carbocycles. The van der Waals surface area contributed by atoms with E-state index in [1.807, 2.05) is 24.3 Å². The van der Waals surface area contributed by atoms with Crippen LogP contribution in [0.3, 0.4) is 0 Å². The molecule has 1 aromatic carbocycles. The third kappa shape index (κ3) is 2.15. The molecule has 102 valence electrons. The number of hydrogen-bond donors (Lipinski definition) is 1. The number of nitrogens with zero attached hydrogens (tertiary/aromatic N) is 1. The third-order valence-electron chi connectivity index (χ3n) is 4.11. The maximum atomic E-state index is 12.6. The van der Waals surface area contributed by atoms with Crippen molar-refractivity contribution in [2.45, 2.75) is 32.0 Å². The Morgan fingerprint density at radius 2 is 2.16 bits per heavy atom. The summed E-state index contributed by atoms with van der Waals surface area (Å²) in [5, 5.41) is 10.0. The molecule has 2 heterocycles. The molecule has 4 heteroatoms. The highest BCUT2D eigenvalue weighted by Gasteiger charge is 2.37. The van der Waals surface area contributed by atoms with Crippen LogP contribution in [0.5, 0.6) is 0 Å². The average molecular weight is 261 g/mol. The van der Waals surface area contributed by atoms with Crippen LogP contribution >= 0.6 is 0 Å². The number of fused-ring (bicyclic) bond motifs is 1. The number of ether oxygens (including phenoxy) is 1. The van der Waals surface area contributed by atoms with E-state index in [0.717, 1.165) is 17.7 Å². The van der Waals surface area contributed by atoms with Crippen molar-refractivity contribution >= 4 is 11.6 Å². The molecular weight excluding hydrogens is 242 g/mol. The van der Waals surface area contributed by atoms with Gasteiger partial charge < -0.3 is 14.7 Å². The number of para-hydroxylation sites is 1. The summed E-state index contributed by atoms with van der Waals surface area (Å²) in [5.41, 5.74) is 1.67. The van der Waals surface area contributed by atoms with Crippen molar-refractivity contribution in [1.82, 2.24) is 0 Å². The number of anilines is 1. The summed E-state index contributed by atoms with van der Waals surface area (Å²) < 4.78 is 5.57. The average Bonchev–Trinajstić information content (AvgIpc) is 2.85. The van der Waals surface area contributed by atoms with Crippen LogP contribution in [0, 0.1) is 5.92 Å². The van der Waals surface area contributed by atoms with Crippen molar-refractivity contribution in [3.63, 3.8) is 0 Å². The summed E-state index contributed by atoms with van der Waals surface area (Å²) in [4.78, 5) is 14.4. The fourth-order valence-corrected chi connectivity index (χ4v) is 2.94. The van der Waals surface area contributed by atoms with Gasteiger partial charge in [0.2, 0.25) is 0 Å². The van der Waals surface area contributed by atoms with E-state index >= 15 is 0 Å². The van der Waals surface area contributed by atoms with E-state index in [1.165, 1.54) is 0 Å². The first-order chi connectivity index (χ1) is 9.18. The molecule has 0 bridgehead atoms. The SMILES string of the molecule is CC1CCOC1C(=O)N1CCC(O)c2ccccc21. The Morgan fingerprint density at radius 1 is 1.37 bits per heavy atom. The van der Waals surface area contributed by atoms with Gasteiger partial charge in [0.15, 0.2) is 0 Å². The summed E-state index contributed by atoms with van der Waals surface area (Å²) >= 11 is 0. The van der Waals surface area contributed by atoms with Gasteiger partial charge in [-0.1, -0.05) is 25.1 Å². The molecular formula is C15H19NO3. The fraction of sp³-hybridized carbons (Fsp3) is 0.533. The number of hydrogen-bond acceptors (Lipinski definition) is 3. The van der Waals surface area contributed by atoms with Crippen LogP contribution in [0.25, 0.3) is 0 Å². The quantitative estimate of drug-likeness (QED) is 0.839. The molecule has 4 nitrogen and oxygen atoms in total. The van der Waals surface area contributed by atoms with Crippen LogP contribution in [0.1, 0.15) is 31.4 Å². The summed E-state index contributed by atoms with van der Waals surface area (Å²) in [6.07, 6.45) is 0.726. The second-order valence-electron chi connectivity index (χ2n) is 5.41. The number of benzene rings is 1. The van der Waals surface area contributed by atoms with Crippen LogP contribution in [0.15, 0.2) is 24.3 Å². The second-order valence-corrected chi connectivity index (χ2v) is 5.41. The van der Waals surface area contributed by atoms with Crippen molar-refractivity contribution in [3.8, 4) is 0 Å². The number of aliphatic hydroxyl groups is 1. The molecule has 1 N–H and O–H groups in total. The minimum Gasteiger partial charge on any atom is -0.388 e. The first-order valence-electron chi connectivity index (χ1n) is 6.88. The number of amides is 1. The monoisotopic (exact) mass is 261 g/mol. The molecule has 2 aliphatic heterocycles.